The highest BCUT2D eigenvalue weighted by atomic mass is 32.1. The third kappa shape index (κ3) is 2.25. The molecule has 2 atom stereocenters. The van der Waals surface area contributed by atoms with Gasteiger partial charge in [-0.05, 0) is 43.2 Å². The van der Waals surface area contributed by atoms with Crippen LogP contribution in [0.25, 0.3) is 10.1 Å². The summed E-state index contributed by atoms with van der Waals surface area (Å²) >= 11 is 1.58. The molecular weight excluding hydrogens is 294 g/mol. The molecule has 2 heterocycles. The Kier molecular flexibility index (Phi) is 3.46. The Morgan fingerprint density at radius 1 is 1.27 bits per heavy atom. The molecule has 4 heteroatoms. The predicted octanol–water partition coefficient (Wildman–Crippen LogP) is 3.67. The van der Waals surface area contributed by atoms with Crippen molar-refractivity contribution in [3.63, 3.8) is 0 Å². The van der Waals surface area contributed by atoms with E-state index in [4.69, 9.17) is 0 Å². The van der Waals surface area contributed by atoms with Gasteiger partial charge in [-0.3, -0.25) is 4.79 Å². The van der Waals surface area contributed by atoms with Crippen molar-refractivity contribution in [2.45, 2.75) is 38.2 Å². The van der Waals surface area contributed by atoms with Crippen molar-refractivity contribution < 1.29 is 9.90 Å². The van der Waals surface area contributed by atoms with Crippen molar-refractivity contribution in [2.24, 2.45) is 5.41 Å². The fraction of sp³-hybridized carbons (Fsp3) is 0.500. The van der Waals surface area contributed by atoms with Gasteiger partial charge in [0.1, 0.15) is 0 Å². The Hall–Kier alpha value is -1.39. The van der Waals surface area contributed by atoms with Crippen LogP contribution in [0.4, 0.5) is 0 Å². The first-order valence-corrected chi connectivity index (χ1v) is 8.96. The predicted molar refractivity (Wildman–Crippen MR) is 89.3 cm³/mol. The smallest absolute Gasteiger partial charge is 0.263 e. The average Bonchev–Trinajstić information content (AvgIpc) is 3.11. The minimum atomic E-state index is -0.231. The number of fused-ring (bicyclic) bond motifs is 1. The third-order valence-corrected chi connectivity index (χ3v) is 6.50. The van der Waals surface area contributed by atoms with E-state index in [9.17, 15) is 9.90 Å². The van der Waals surface area contributed by atoms with Crippen LogP contribution < -0.4 is 0 Å². The SMILES string of the molecule is O=C(c1cc2ccccc2s1)N1CCC[C@]2(CCC[C@H]2O)C1. The van der Waals surface area contributed by atoms with Crippen molar-refractivity contribution in [2.75, 3.05) is 13.1 Å². The van der Waals surface area contributed by atoms with Crippen LogP contribution in [0, 0.1) is 5.41 Å². The lowest BCUT2D eigenvalue weighted by atomic mass is 9.76. The summed E-state index contributed by atoms with van der Waals surface area (Å²) in [7, 11) is 0. The van der Waals surface area contributed by atoms with Crippen LogP contribution in [0.1, 0.15) is 41.8 Å². The first-order valence-electron chi connectivity index (χ1n) is 8.14. The maximum atomic E-state index is 12.9. The van der Waals surface area contributed by atoms with E-state index in [1.807, 2.05) is 23.1 Å². The number of aliphatic hydroxyl groups is 1. The number of likely N-dealkylation sites (tertiary alicyclic amines) is 1. The number of thiophene rings is 1. The highest BCUT2D eigenvalue weighted by molar-refractivity contribution is 7.20. The number of benzene rings is 1. The van der Waals surface area contributed by atoms with Gasteiger partial charge in [0.2, 0.25) is 0 Å². The number of hydrogen-bond acceptors (Lipinski definition) is 3. The number of piperidine rings is 1. The summed E-state index contributed by atoms with van der Waals surface area (Å²) < 4.78 is 1.17. The number of aliphatic hydroxyl groups excluding tert-OH is 1. The molecule has 3 nitrogen and oxygen atoms in total. The third-order valence-electron chi connectivity index (χ3n) is 5.39. The van der Waals surface area contributed by atoms with Crippen molar-refractivity contribution in [1.29, 1.82) is 0 Å². The van der Waals surface area contributed by atoms with E-state index in [0.29, 0.717) is 0 Å². The second-order valence-corrected chi connectivity index (χ2v) is 7.83. The van der Waals surface area contributed by atoms with E-state index in [0.717, 1.165) is 55.5 Å². The second-order valence-electron chi connectivity index (χ2n) is 6.75. The van der Waals surface area contributed by atoms with Crippen LogP contribution in [0.2, 0.25) is 0 Å². The van der Waals surface area contributed by atoms with Gasteiger partial charge in [-0.15, -0.1) is 11.3 Å². The molecule has 2 aliphatic rings. The Morgan fingerprint density at radius 2 is 2.09 bits per heavy atom. The van der Waals surface area contributed by atoms with E-state index < -0.39 is 0 Å². The quantitative estimate of drug-likeness (QED) is 0.872. The fourth-order valence-corrected chi connectivity index (χ4v) is 5.20. The van der Waals surface area contributed by atoms with Crippen LogP contribution in [0.15, 0.2) is 30.3 Å². The zero-order valence-electron chi connectivity index (χ0n) is 12.6. The van der Waals surface area contributed by atoms with Crippen molar-refractivity contribution in [1.82, 2.24) is 4.90 Å². The zero-order chi connectivity index (χ0) is 15.2. The Balaban J connectivity index is 1.59. The molecule has 1 amide bonds. The van der Waals surface area contributed by atoms with Crippen LogP contribution in [-0.4, -0.2) is 35.1 Å². The van der Waals surface area contributed by atoms with Gasteiger partial charge >= 0.3 is 0 Å². The summed E-state index contributed by atoms with van der Waals surface area (Å²) in [6, 6.07) is 10.1. The average molecular weight is 315 g/mol. The van der Waals surface area contributed by atoms with Crippen molar-refractivity contribution in [3.05, 3.63) is 35.2 Å². The van der Waals surface area contributed by atoms with Gasteiger partial charge in [-0.1, -0.05) is 24.6 Å². The molecule has 2 aromatic rings. The molecule has 1 aliphatic carbocycles. The molecule has 0 unspecified atom stereocenters. The highest BCUT2D eigenvalue weighted by Gasteiger charge is 2.45. The molecule has 1 spiro atoms. The number of nitrogens with zero attached hydrogens (tertiary/aromatic N) is 1. The Morgan fingerprint density at radius 3 is 2.86 bits per heavy atom. The number of carbonyl (C=O) groups excluding carboxylic acids is 1. The van der Waals surface area contributed by atoms with Gasteiger partial charge in [-0.2, -0.15) is 0 Å². The van der Waals surface area contributed by atoms with E-state index >= 15 is 0 Å². The molecule has 2 fully saturated rings. The van der Waals surface area contributed by atoms with Crippen LogP contribution in [0.5, 0.6) is 0 Å². The molecular formula is C18H21NO2S. The summed E-state index contributed by atoms with van der Waals surface area (Å²) in [6.07, 6.45) is 4.88. The molecule has 0 radical (unpaired) electrons. The monoisotopic (exact) mass is 315 g/mol. The number of amides is 1. The van der Waals surface area contributed by atoms with E-state index in [1.54, 1.807) is 11.3 Å². The second kappa shape index (κ2) is 5.36. The molecule has 1 saturated carbocycles. The molecule has 1 aromatic carbocycles. The van der Waals surface area contributed by atoms with E-state index in [-0.39, 0.29) is 17.4 Å². The maximum absolute atomic E-state index is 12.9. The van der Waals surface area contributed by atoms with E-state index in [2.05, 4.69) is 12.1 Å². The Bertz CT molecular complexity index is 677. The molecule has 1 aliphatic heterocycles. The highest BCUT2D eigenvalue weighted by Crippen LogP contribution is 2.45. The van der Waals surface area contributed by atoms with Crippen molar-refractivity contribution >= 4 is 27.3 Å². The standard InChI is InChI=1S/C18H21NO2S/c20-16-7-3-8-18(16)9-4-10-19(12-18)17(21)15-11-13-5-1-2-6-14(13)22-15/h1-2,5-6,11,16,20H,3-4,7-10,12H2/t16-,18-/m1/s1. The number of hydrogen-bond donors (Lipinski definition) is 1. The molecule has 1 saturated heterocycles. The first kappa shape index (κ1) is 14.2. The maximum Gasteiger partial charge on any atom is 0.263 e. The summed E-state index contributed by atoms with van der Waals surface area (Å²) in [5.74, 6) is 0.138. The van der Waals surface area contributed by atoms with Crippen LogP contribution in [0.3, 0.4) is 0 Å². The summed E-state index contributed by atoms with van der Waals surface area (Å²) in [6.45, 7) is 1.54. The molecule has 4 rings (SSSR count). The lowest BCUT2D eigenvalue weighted by molar-refractivity contribution is -0.00519. The van der Waals surface area contributed by atoms with Gasteiger partial charge in [0.15, 0.2) is 0 Å². The van der Waals surface area contributed by atoms with Crippen LogP contribution >= 0.6 is 11.3 Å². The van der Waals surface area contributed by atoms with Crippen molar-refractivity contribution in [3.8, 4) is 0 Å². The molecule has 1 N–H and O–H groups in total. The topological polar surface area (TPSA) is 40.5 Å². The zero-order valence-corrected chi connectivity index (χ0v) is 13.4. The van der Waals surface area contributed by atoms with Gasteiger partial charge in [0.05, 0.1) is 11.0 Å². The first-order chi connectivity index (χ1) is 10.7. The fourth-order valence-electron chi connectivity index (χ4n) is 4.17. The largest absolute Gasteiger partial charge is 0.392 e. The summed E-state index contributed by atoms with van der Waals surface area (Å²) in [5, 5.41) is 11.5. The van der Waals surface area contributed by atoms with Crippen LogP contribution in [-0.2, 0) is 0 Å². The van der Waals surface area contributed by atoms with Gasteiger partial charge in [0, 0.05) is 23.2 Å². The Labute approximate surface area is 134 Å². The molecule has 22 heavy (non-hydrogen) atoms. The number of carbonyl (C=O) groups is 1. The minimum Gasteiger partial charge on any atom is -0.392 e. The summed E-state index contributed by atoms with van der Waals surface area (Å²) in [5.41, 5.74) is -0.0371. The van der Waals surface area contributed by atoms with Gasteiger partial charge in [0.25, 0.3) is 5.91 Å². The van der Waals surface area contributed by atoms with Gasteiger partial charge in [-0.25, -0.2) is 0 Å². The lowest BCUT2D eigenvalue weighted by Crippen LogP contribution is -2.49. The minimum absolute atomic E-state index is 0.0371. The molecule has 1 aromatic heterocycles. The normalized spacial score (nSPS) is 28.6. The molecule has 116 valence electrons. The van der Waals surface area contributed by atoms with Gasteiger partial charge < -0.3 is 10.0 Å². The summed E-state index contributed by atoms with van der Waals surface area (Å²) in [4.78, 5) is 15.7. The number of rotatable bonds is 1. The molecule has 0 bridgehead atoms. The van der Waals surface area contributed by atoms with E-state index in [1.165, 1.54) is 4.70 Å². The lowest BCUT2D eigenvalue weighted by Gasteiger charge is -2.42.